The van der Waals surface area contributed by atoms with E-state index in [4.69, 9.17) is 5.73 Å². The van der Waals surface area contributed by atoms with Crippen molar-refractivity contribution >= 4 is 22.4 Å². The van der Waals surface area contributed by atoms with Crippen LogP contribution in [0, 0.1) is 6.92 Å². The molecule has 0 saturated heterocycles. The van der Waals surface area contributed by atoms with Crippen LogP contribution in [0.3, 0.4) is 0 Å². The van der Waals surface area contributed by atoms with E-state index in [1.807, 2.05) is 6.92 Å². The van der Waals surface area contributed by atoms with Crippen LogP contribution < -0.4 is 5.73 Å². The summed E-state index contributed by atoms with van der Waals surface area (Å²) in [6.45, 7) is 1.94. The topological polar surface area (TPSA) is 106 Å². The number of aryl methyl sites for hydroxylation is 1. The number of rotatable bonds is 5. The van der Waals surface area contributed by atoms with Crippen LogP contribution in [0.2, 0.25) is 0 Å². The van der Waals surface area contributed by atoms with Crippen LogP contribution in [0.4, 0.5) is 5.13 Å². The highest BCUT2D eigenvalue weighted by molar-refractivity contribution is 7.15. The molecule has 4 N–H and O–H groups in total. The largest absolute Gasteiger partial charge is 0.469 e. The minimum atomic E-state index is -1.21. The van der Waals surface area contributed by atoms with Gasteiger partial charge in [-0.3, -0.25) is 4.79 Å². The van der Waals surface area contributed by atoms with Crippen molar-refractivity contribution in [3.05, 3.63) is 34.7 Å². The molecule has 6 nitrogen and oxygen atoms in total. The van der Waals surface area contributed by atoms with Gasteiger partial charge in [0.25, 0.3) is 0 Å². The molecule has 0 aliphatic carbocycles. The number of methoxy groups -OCH3 is 1. The molecule has 118 valence electrons. The van der Waals surface area contributed by atoms with Crippen LogP contribution in [0.25, 0.3) is 11.3 Å². The monoisotopic (exact) mass is 322 g/mol. The van der Waals surface area contributed by atoms with Crippen molar-refractivity contribution in [3.8, 4) is 11.3 Å². The van der Waals surface area contributed by atoms with Crippen molar-refractivity contribution in [3.63, 3.8) is 0 Å². The number of nitrogens with zero attached hydrogens (tertiary/aromatic N) is 1. The summed E-state index contributed by atoms with van der Waals surface area (Å²) in [5.41, 5.74) is 7.88. The number of hydrogen-bond acceptors (Lipinski definition) is 7. The minimum absolute atomic E-state index is 0.263. The fourth-order valence-corrected chi connectivity index (χ4v) is 2.82. The van der Waals surface area contributed by atoms with Gasteiger partial charge < -0.3 is 20.7 Å². The van der Waals surface area contributed by atoms with Gasteiger partial charge in [-0.2, -0.15) is 0 Å². The van der Waals surface area contributed by atoms with Crippen LogP contribution in [-0.2, 0) is 9.53 Å². The van der Waals surface area contributed by atoms with E-state index in [2.05, 4.69) is 9.72 Å². The molecule has 1 heterocycles. The fourth-order valence-electron chi connectivity index (χ4n) is 2.11. The third-order valence-corrected chi connectivity index (χ3v) is 4.11. The zero-order valence-corrected chi connectivity index (χ0v) is 13.1. The van der Waals surface area contributed by atoms with Crippen LogP contribution >= 0.6 is 11.3 Å². The van der Waals surface area contributed by atoms with E-state index < -0.39 is 18.2 Å². The second kappa shape index (κ2) is 6.87. The number of nitrogens with two attached hydrogens (primary N) is 1. The van der Waals surface area contributed by atoms with Crippen molar-refractivity contribution in [2.24, 2.45) is 0 Å². The second-order valence-corrected chi connectivity index (χ2v) is 6.11. The van der Waals surface area contributed by atoms with E-state index in [1.54, 1.807) is 24.3 Å². The molecule has 1 aromatic heterocycles. The molecule has 2 rings (SSSR count). The Bertz CT molecular complexity index is 654. The van der Waals surface area contributed by atoms with Crippen molar-refractivity contribution in [1.29, 1.82) is 0 Å². The summed E-state index contributed by atoms with van der Waals surface area (Å²) in [6.07, 6.45) is -2.63. The van der Waals surface area contributed by atoms with E-state index in [9.17, 15) is 15.0 Å². The smallest absolute Gasteiger partial charge is 0.308 e. The van der Waals surface area contributed by atoms with Crippen molar-refractivity contribution < 1.29 is 19.7 Å². The fraction of sp³-hybridized carbons (Fsp3) is 0.333. The first kappa shape index (κ1) is 16.4. The Balaban J connectivity index is 2.14. The number of ether oxygens (including phenoxy) is 1. The van der Waals surface area contributed by atoms with Crippen LogP contribution in [0.15, 0.2) is 24.3 Å². The summed E-state index contributed by atoms with van der Waals surface area (Å²) < 4.78 is 4.47. The first-order chi connectivity index (χ1) is 10.4. The molecule has 0 saturated carbocycles. The predicted molar refractivity (Wildman–Crippen MR) is 84.3 cm³/mol. The highest BCUT2D eigenvalue weighted by Crippen LogP contribution is 2.30. The number of esters is 1. The zero-order valence-electron chi connectivity index (χ0n) is 12.3. The molecular weight excluding hydrogens is 304 g/mol. The standard InChI is InChI=1S/C15H18N2O4S/c1-8-13(17-15(16)22-8)9-3-5-10(6-4-9)14(20)11(18)7-12(19)21-2/h3-6,11,14,18,20H,7H2,1-2H3,(H2,16,17). The SMILES string of the molecule is COC(=O)CC(O)C(O)c1ccc(-c2nc(N)sc2C)cc1. The number of benzene rings is 1. The van der Waals surface area contributed by atoms with E-state index >= 15 is 0 Å². The Morgan fingerprint density at radius 1 is 1.36 bits per heavy atom. The molecule has 0 radical (unpaired) electrons. The highest BCUT2D eigenvalue weighted by Gasteiger charge is 2.22. The van der Waals surface area contributed by atoms with E-state index in [-0.39, 0.29) is 6.42 Å². The lowest BCUT2D eigenvalue weighted by molar-refractivity contribution is -0.144. The molecule has 22 heavy (non-hydrogen) atoms. The van der Waals surface area contributed by atoms with Crippen molar-refractivity contribution in [2.75, 3.05) is 12.8 Å². The molecule has 2 unspecified atom stereocenters. The highest BCUT2D eigenvalue weighted by atomic mass is 32.1. The molecule has 0 aliphatic heterocycles. The molecule has 0 bridgehead atoms. The molecule has 2 atom stereocenters. The molecule has 7 heteroatoms. The number of carbonyl (C=O) groups excluding carboxylic acids is 1. The van der Waals surface area contributed by atoms with E-state index in [1.165, 1.54) is 18.4 Å². The van der Waals surface area contributed by atoms with E-state index in [0.717, 1.165) is 16.1 Å². The van der Waals surface area contributed by atoms with Gasteiger partial charge in [0.05, 0.1) is 25.3 Å². The maximum absolute atomic E-state index is 11.1. The maximum atomic E-state index is 11.1. The molecule has 0 spiro atoms. The van der Waals surface area contributed by atoms with Gasteiger partial charge in [-0.05, 0) is 12.5 Å². The first-order valence-corrected chi connectivity index (χ1v) is 7.50. The summed E-state index contributed by atoms with van der Waals surface area (Å²) in [4.78, 5) is 16.4. The normalized spacial score (nSPS) is 13.6. The number of aliphatic hydroxyl groups excluding tert-OH is 2. The van der Waals surface area contributed by atoms with Gasteiger partial charge in [0, 0.05) is 10.4 Å². The minimum Gasteiger partial charge on any atom is -0.469 e. The molecule has 2 aromatic rings. The number of hydrogen-bond donors (Lipinski definition) is 3. The van der Waals surface area contributed by atoms with Gasteiger partial charge in [-0.15, -0.1) is 11.3 Å². The Morgan fingerprint density at radius 2 is 2.00 bits per heavy atom. The Morgan fingerprint density at radius 3 is 2.50 bits per heavy atom. The number of thiazole rings is 1. The average Bonchev–Trinajstić information content (AvgIpc) is 2.85. The quantitative estimate of drug-likeness (QED) is 0.723. The third-order valence-electron chi connectivity index (χ3n) is 3.31. The molecular formula is C15H18N2O4S. The number of aliphatic hydroxyl groups is 2. The van der Waals surface area contributed by atoms with Gasteiger partial charge >= 0.3 is 5.97 Å². The van der Waals surface area contributed by atoms with Gasteiger partial charge in [-0.1, -0.05) is 24.3 Å². The van der Waals surface area contributed by atoms with Crippen LogP contribution in [0.1, 0.15) is 23.0 Å². The first-order valence-electron chi connectivity index (χ1n) is 6.68. The summed E-state index contributed by atoms with van der Waals surface area (Å²) in [7, 11) is 1.23. The lowest BCUT2D eigenvalue weighted by atomic mass is 10.00. The van der Waals surface area contributed by atoms with Crippen molar-refractivity contribution in [2.45, 2.75) is 25.6 Å². The summed E-state index contributed by atoms with van der Waals surface area (Å²) in [6, 6.07) is 6.97. The number of nitrogen functional groups attached to an aromatic ring is 1. The third kappa shape index (κ3) is 3.62. The molecule has 0 amide bonds. The number of aromatic nitrogens is 1. The zero-order chi connectivity index (χ0) is 16.3. The Kier molecular flexibility index (Phi) is 5.12. The summed E-state index contributed by atoms with van der Waals surface area (Å²) in [5, 5.41) is 20.4. The predicted octanol–water partition coefficient (Wildman–Crippen LogP) is 1.66. The van der Waals surface area contributed by atoms with Crippen LogP contribution in [-0.4, -0.2) is 34.4 Å². The van der Waals surface area contributed by atoms with Crippen molar-refractivity contribution in [1.82, 2.24) is 4.98 Å². The Labute approximate surface area is 132 Å². The number of carbonyl (C=O) groups is 1. The van der Waals surface area contributed by atoms with E-state index in [0.29, 0.717) is 10.7 Å². The maximum Gasteiger partial charge on any atom is 0.308 e. The van der Waals surface area contributed by atoms with Gasteiger partial charge in [0.15, 0.2) is 5.13 Å². The van der Waals surface area contributed by atoms with Gasteiger partial charge in [0.2, 0.25) is 0 Å². The van der Waals surface area contributed by atoms with Gasteiger partial charge in [-0.25, -0.2) is 4.98 Å². The second-order valence-electron chi connectivity index (χ2n) is 4.87. The molecule has 0 aliphatic rings. The molecule has 1 aromatic carbocycles. The summed E-state index contributed by atoms with van der Waals surface area (Å²) in [5.74, 6) is -0.572. The van der Waals surface area contributed by atoms with Crippen LogP contribution in [0.5, 0.6) is 0 Å². The Hall–Kier alpha value is -1.96. The summed E-state index contributed by atoms with van der Waals surface area (Å²) >= 11 is 1.41. The number of anilines is 1. The lowest BCUT2D eigenvalue weighted by Crippen LogP contribution is -2.22. The average molecular weight is 322 g/mol. The van der Waals surface area contributed by atoms with Gasteiger partial charge in [0.1, 0.15) is 6.10 Å². The lowest BCUT2D eigenvalue weighted by Gasteiger charge is -2.17. The molecule has 0 fully saturated rings.